The molecule has 0 spiro atoms. The van der Waals surface area contributed by atoms with Crippen LogP contribution in [0.25, 0.3) is 46.4 Å². The topological polar surface area (TPSA) is 113 Å². The number of rotatable bonds is 14. The predicted molar refractivity (Wildman–Crippen MR) is 226 cm³/mol. The van der Waals surface area contributed by atoms with Crippen molar-refractivity contribution < 1.29 is 0 Å². The minimum Gasteiger partial charge on any atom is -0.382 e. The Kier molecular flexibility index (Phi) is 11.9. The molecule has 0 aliphatic rings. The molecule has 1 unspecified atom stereocenters. The molecule has 5 aromatic rings. The van der Waals surface area contributed by atoms with Crippen molar-refractivity contribution >= 4 is 58.0 Å². The number of nitrogens with zero attached hydrogens (tertiary/aromatic N) is 6. The second kappa shape index (κ2) is 16.5. The van der Waals surface area contributed by atoms with Crippen LogP contribution in [-0.4, -0.2) is 29.1 Å². The third-order valence-corrected chi connectivity index (χ3v) is 9.31. The molecule has 0 saturated heterocycles. The average molecular weight is 705 g/mol. The smallest absolute Gasteiger partial charge is 0.152 e. The number of hydrogen-bond acceptors (Lipinski definition) is 6. The van der Waals surface area contributed by atoms with Gasteiger partial charge < -0.3 is 20.6 Å². The van der Waals surface area contributed by atoms with Gasteiger partial charge >= 0.3 is 0 Å². The predicted octanol–water partition coefficient (Wildman–Crippen LogP) is 6.54. The van der Waals surface area contributed by atoms with E-state index in [2.05, 4.69) is 80.5 Å². The first-order valence-corrected chi connectivity index (χ1v) is 18.0. The molecule has 1 atom stereocenters. The standard InChI is InChI=1S/C45H52N8/c1-10-15-17-23-30(6)28-52-37(50-38-40(52)34(21-12-3)36(22-13-4)49-42(38)46)27-45(8,9)26-31(7)44-51-39-41(53(44)29-32-24-18-16-19-25-32)33(20-11-2)35(14-5)48-43(39)47/h10-25,31H,2-4,6,26-29H2,1,5,7-9H3,(H2,46,49)(H2,47,48)/b15-10-,23-17-,33-20+,34-21+,35-14+,36-22+. The Hall–Kier alpha value is -6.02. The number of anilines is 2. The van der Waals surface area contributed by atoms with Gasteiger partial charge in [-0.15, -0.1) is 0 Å². The molecular formula is C45H52N8. The molecule has 4 N–H and O–H groups in total. The monoisotopic (exact) mass is 704 g/mol. The van der Waals surface area contributed by atoms with E-state index in [0.717, 1.165) is 50.5 Å². The van der Waals surface area contributed by atoms with E-state index in [1.807, 2.05) is 68.5 Å². The summed E-state index contributed by atoms with van der Waals surface area (Å²) in [7, 11) is 0. The Morgan fingerprint density at radius 1 is 0.811 bits per heavy atom. The number of fused-ring (bicyclic) bond motifs is 2. The molecule has 4 heterocycles. The number of imidazole rings is 2. The van der Waals surface area contributed by atoms with E-state index in [1.165, 1.54) is 5.56 Å². The van der Waals surface area contributed by atoms with Crippen LogP contribution in [0.5, 0.6) is 0 Å². The van der Waals surface area contributed by atoms with Crippen LogP contribution in [0, 0.1) is 5.41 Å². The lowest BCUT2D eigenvalue weighted by atomic mass is 9.80. The summed E-state index contributed by atoms with van der Waals surface area (Å²) in [4.78, 5) is 19.8. The molecule has 0 bridgehead atoms. The summed E-state index contributed by atoms with van der Waals surface area (Å²) in [5.74, 6) is 2.69. The fourth-order valence-electron chi connectivity index (χ4n) is 7.21. The van der Waals surface area contributed by atoms with Crippen molar-refractivity contribution in [2.24, 2.45) is 5.41 Å². The molecule has 0 aliphatic carbocycles. The van der Waals surface area contributed by atoms with Crippen LogP contribution < -0.4 is 32.6 Å². The Morgan fingerprint density at radius 2 is 1.42 bits per heavy atom. The zero-order chi connectivity index (χ0) is 38.3. The van der Waals surface area contributed by atoms with Crippen molar-refractivity contribution in [3.05, 3.63) is 143 Å². The SMILES string of the molecule is C=C/C=c1\c(=C/C=C)nc(N)c2nc(CC(C)(C)CC(C)c3nc4c(N)nc(=C/C)/c(=C\C=C)c4n3Cc3ccccc3)n(CC(=C)/C=C\C=C/C)c12. The maximum absolute atomic E-state index is 6.60. The van der Waals surface area contributed by atoms with Gasteiger partial charge in [0.05, 0.1) is 21.7 Å². The molecule has 272 valence electrons. The molecule has 1 aromatic carbocycles. The Balaban J connectivity index is 1.65. The first kappa shape index (κ1) is 38.2. The quantitative estimate of drug-likeness (QED) is 0.127. The molecule has 4 aromatic heterocycles. The number of hydrogen-bond donors (Lipinski definition) is 2. The summed E-state index contributed by atoms with van der Waals surface area (Å²) in [6, 6.07) is 10.4. The zero-order valence-corrected chi connectivity index (χ0v) is 31.8. The Morgan fingerprint density at radius 3 is 2.04 bits per heavy atom. The van der Waals surface area contributed by atoms with Gasteiger partial charge in [-0.2, -0.15) is 0 Å². The maximum atomic E-state index is 6.60. The lowest BCUT2D eigenvalue weighted by Gasteiger charge is -2.28. The lowest BCUT2D eigenvalue weighted by molar-refractivity contribution is 0.294. The van der Waals surface area contributed by atoms with E-state index in [1.54, 1.807) is 18.2 Å². The molecule has 53 heavy (non-hydrogen) atoms. The van der Waals surface area contributed by atoms with Gasteiger partial charge in [-0.25, -0.2) is 19.9 Å². The van der Waals surface area contributed by atoms with Crippen molar-refractivity contribution in [1.29, 1.82) is 0 Å². The molecule has 0 radical (unpaired) electrons. The summed E-state index contributed by atoms with van der Waals surface area (Å²) in [5.41, 5.74) is 18.3. The Bertz CT molecular complexity index is 2510. The summed E-state index contributed by atoms with van der Waals surface area (Å²) in [5, 5.41) is 3.36. The molecule has 0 aliphatic heterocycles. The maximum Gasteiger partial charge on any atom is 0.152 e. The zero-order valence-electron chi connectivity index (χ0n) is 31.8. The molecular weight excluding hydrogens is 653 g/mol. The van der Waals surface area contributed by atoms with Crippen LogP contribution in [0.15, 0.2) is 105 Å². The van der Waals surface area contributed by atoms with Crippen molar-refractivity contribution in [1.82, 2.24) is 29.1 Å². The molecule has 5 rings (SSSR count). The minimum absolute atomic E-state index is 0.0490. The van der Waals surface area contributed by atoms with E-state index < -0.39 is 0 Å². The summed E-state index contributed by atoms with van der Waals surface area (Å²) >= 11 is 0. The highest BCUT2D eigenvalue weighted by molar-refractivity contribution is 5.88. The number of allylic oxidation sites excluding steroid dienone is 8. The highest BCUT2D eigenvalue weighted by Crippen LogP contribution is 2.36. The van der Waals surface area contributed by atoms with Gasteiger partial charge in [0.2, 0.25) is 0 Å². The largest absolute Gasteiger partial charge is 0.382 e. The van der Waals surface area contributed by atoms with Gasteiger partial charge in [0.25, 0.3) is 0 Å². The van der Waals surface area contributed by atoms with Gasteiger partial charge in [-0.05, 0) is 42.9 Å². The number of nitrogens with two attached hydrogens (primary N) is 2. The van der Waals surface area contributed by atoms with Gasteiger partial charge in [0.15, 0.2) is 11.6 Å². The fourth-order valence-corrected chi connectivity index (χ4v) is 7.21. The number of pyridine rings is 2. The van der Waals surface area contributed by atoms with E-state index in [-0.39, 0.29) is 11.3 Å². The van der Waals surface area contributed by atoms with Gasteiger partial charge in [0, 0.05) is 35.9 Å². The van der Waals surface area contributed by atoms with E-state index in [9.17, 15) is 0 Å². The summed E-state index contributed by atoms with van der Waals surface area (Å²) in [6.45, 7) is 28.2. The fraction of sp³-hybridized carbons (Fsp3) is 0.244. The van der Waals surface area contributed by atoms with Gasteiger partial charge in [-0.3, -0.25) is 0 Å². The molecule has 0 amide bonds. The van der Waals surface area contributed by atoms with Crippen molar-refractivity contribution in [2.75, 3.05) is 11.5 Å². The van der Waals surface area contributed by atoms with E-state index in [4.69, 9.17) is 31.4 Å². The second-order valence-corrected chi connectivity index (χ2v) is 14.1. The number of aromatic nitrogens is 6. The van der Waals surface area contributed by atoms with E-state index >= 15 is 0 Å². The number of nitrogen functional groups attached to an aromatic ring is 2. The van der Waals surface area contributed by atoms with Crippen molar-refractivity contribution in [2.45, 2.75) is 66.5 Å². The van der Waals surface area contributed by atoms with Crippen LogP contribution in [0.4, 0.5) is 11.6 Å². The van der Waals surface area contributed by atoms with Crippen LogP contribution >= 0.6 is 0 Å². The molecule has 8 nitrogen and oxygen atoms in total. The van der Waals surface area contributed by atoms with Crippen molar-refractivity contribution in [3.63, 3.8) is 0 Å². The molecule has 0 fully saturated rings. The second-order valence-electron chi connectivity index (χ2n) is 14.1. The average Bonchev–Trinajstić information content (AvgIpc) is 3.67. The molecule has 8 heteroatoms. The summed E-state index contributed by atoms with van der Waals surface area (Å²) < 4.78 is 4.54. The normalized spacial score (nSPS) is 14.4. The third-order valence-electron chi connectivity index (χ3n) is 9.31. The highest BCUT2D eigenvalue weighted by Gasteiger charge is 2.30. The van der Waals surface area contributed by atoms with Crippen LogP contribution in [0.2, 0.25) is 0 Å². The van der Waals surface area contributed by atoms with Gasteiger partial charge in [-0.1, -0.05) is 138 Å². The Labute approximate surface area is 312 Å². The first-order valence-electron chi connectivity index (χ1n) is 18.0. The molecule has 0 saturated carbocycles. The first-order chi connectivity index (χ1) is 25.5. The van der Waals surface area contributed by atoms with Crippen molar-refractivity contribution in [3.8, 4) is 0 Å². The van der Waals surface area contributed by atoms with Crippen LogP contribution in [0.1, 0.15) is 64.2 Å². The number of benzene rings is 1. The van der Waals surface area contributed by atoms with E-state index in [0.29, 0.717) is 47.5 Å². The highest BCUT2D eigenvalue weighted by atomic mass is 15.1. The van der Waals surface area contributed by atoms with Crippen LogP contribution in [-0.2, 0) is 19.5 Å². The third kappa shape index (κ3) is 8.23. The van der Waals surface area contributed by atoms with Crippen LogP contribution in [0.3, 0.4) is 0 Å². The lowest BCUT2D eigenvalue weighted by Crippen LogP contribution is -2.31. The minimum atomic E-state index is -0.223. The van der Waals surface area contributed by atoms with Gasteiger partial charge in [0.1, 0.15) is 22.7 Å². The summed E-state index contributed by atoms with van der Waals surface area (Å²) in [6.07, 6.45) is 22.5.